The normalized spacial score (nSPS) is 10.9. The van der Waals surface area contributed by atoms with Gasteiger partial charge in [-0.1, -0.05) is 12.1 Å². The lowest BCUT2D eigenvalue weighted by Crippen LogP contribution is -2.23. The van der Waals surface area contributed by atoms with Crippen molar-refractivity contribution in [3.05, 3.63) is 71.4 Å². The molecule has 1 amide bonds. The second kappa shape index (κ2) is 8.41. The molecule has 0 atom stereocenters. The molecule has 3 aromatic rings. The van der Waals surface area contributed by atoms with Gasteiger partial charge in [-0.2, -0.15) is 0 Å². The van der Waals surface area contributed by atoms with Crippen molar-refractivity contribution in [3.63, 3.8) is 0 Å². The van der Waals surface area contributed by atoms with Gasteiger partial charge < -0.3 is 9.15 Å². The first-order valence-corrected chi connectivity index (χ1v) is 8.80. The number of thiazole rings is 1. The molecule has 2 aromatic heterocycles. The number of hydrogen-bond acceptors (Lipinski definition) is 6. The van der Waals surface area contributed by atoms with Crippen molar-refractivity contribution in [2.24, 2.45) is 0 Å². The summed E-state index contributed by atoms with van der Waals surface area (Å²) in [4.78, 5) is 29.2. The lowest BCUT2D eigenvalue weighted by atomic mass is 10.3. The number of benzene rings is 1. The fourth-order valence-corrected chi connectivity index (χ4v) is 3.10. The third-order valence-corrected chi connectivity index (χ3v) is 4.30. The van der Waals surface area contributed by atoms with Gasteiger partial charge in [0.05, 0.1) is 17.6 Å². The number of nitrogens with zero attached hydrogens (tertiary/aromatic N) is 2. The molecule has 1 aromatic carbocycles. The molecule has 0 aliphatic heterocycles. The number of hydrogen-bond donors (Lipinski definition) is 0. The molecule has 0 N–H and O–H groups in total. The Kier molecular flexibility index (Phi) is 5.77. The predicted molar refractivity (Wildman–Crippen MR) is 98.9 cm³/mol. The van der Waals surface area contributed by atoms with Gasteiger partial charge in [0.1, 0.15) is 18.2 Å². The van der Waals surface area contributed by atoms with Crippen LogP contribution >= 0.6 is 11.3 Å². The second-order valence-corrected chi connectivity index (χ2v) is 6.22. The van der Waals surface area contributed by atoms with E-state index in [1.807, 2.05) is 0 Å². The van der Waals surface area contributed by atoms with Crippen LogP contribution in [0, 0.1) is 5.82 Å². The average Bonchev–Trinajstić information content (AvgIpc) is 3.32. The molecule has 8 heteroatoms. The molecule has 0 aliphatic carbocycles. The summed E-state index contributed by atoms with van der Waals surface area (Å²) in [5.41, 5.74) is 0.571. The molecule has 138 valence electrons. The minimum absolute atomic E-state index is 0.0686. The van der Waals surface area contributed by atoms with E-state index in [-0.39, 0.29) is 18.2 Å². The number of ether oxygens (including phenoxy) is 1. The van der Waals surface area contributed by atoms with Gasteiger partial charge in [0.25, 0.3) is 0 Å². The summed E-state index contributed by atoms with van der Waals surface area (Å²) < 4.78 is 24.2. The monoisotopic (exact) mass is 386 g/mol. The summed E-state index contributed by atoms with van der Waals surface area (Å²) in [6.45, 7) is 1.26. The summed E-state index contributed by atoms with van der Waals surface area (Å²) in [5, 5.41) is 1.94. The summed E-state index contributed by atoms with van der Waals surface area (Å²) >= 11 is 1.16. The largest absolute Gasteiger partial charge is 0.465 e. The molecular formula is C19H15FN2O4S. The number of amides is 1. The molecule has 3 rings (SSSR count). The predicted octanol–water partition coefficient (Wildman–Crippen LogP) is 4.32. The van der Waals surface area contributed by atoms with E-state index in [4.69, 9.17) is 9.15 Å². The van der Waals surface area contributed by atoms with E-state index in [1.54, 1.807) is 29.6 Å². The SMILES string of the molecule is CC(=O)N(c1nc(COC(=O)/C=C/c2ccco2)cs1)c1ccccc1F. The van der Waals surface area contributed by atoms with Gasteiger partial charge >= 0.3 is 5.97 Å². The Labute approximate surface area is 158 Å². The smallest absolute Gasteiger partial charge is 0.331 e. The van der Waals surface area contributed by atoms with Gasteiger partial charge in [0.2, 0.25) is 5.91 Å². The molecule has 0 unspecified atom stereocenters. The highest BCUT2D eigenvalue weighted by molar-refractivity contribution is 7.14. The molecule has 0 saturated carbocycles. The van der Waals surface area contributed by atoms with Gasteiger partial charge in [-0.25, -0.2) is 14.2 Å². The Bertz CT molecular complexity index is 966. The quantitative estimate of drug-likeness (QED) is 0.466. The van der Waals surface area contributed by atoms with E-state index >= 15 is 0 Å². The van der Waals surface area contributed by atoms with E-state index < -0.39 is 11.8 Å². The zero-order valence-electron chi connectivity index (χ0n) is 14.3. The Morgan fingerprint density at radius 3 is 2.81 bits per heavy atom. The van der Waals surface area contributed by atoms with Crippen molar-refractivity contribution in [1.29, 1.82) is 0 Å². The van der Waals surface area contributed by atoms with E-state index in [9.17, 15) is 14.0 Å². The number of carbonyl (C=O) groups is 2. The van der Waals surface area contributed by atoms with Gasteiger partial charge in [0, 0.05) is 18.4 Å². The number of anilines is 2. The van der Waals surface area contributed by atoms with Crippen LogP contribution in [-0.4, -0.2) is 16.9 Å². The highest BCUT2D eigenvalue weighted by atomic mass is 32.1. The minimum atomic E-state index is -0.557. The van der Waals surface area contributed by atoms with Crippen molar-refractivity contribution < 1.29 is 23.1 Å². The number of aromatic nitrogens is 1. The van der Waals surface area contributed by atoms with Crippen LogP contribution < -0.4 is 4.90 Å². The third kappa shape index (κ3) is 4.68. The van der Waals surface area contributed by atoms with Crippen molar-refractivity contribution in [3.8, 4) is 0 Å². The lowest BCUT2D eigenvalue weighted by Gasteiger charge is -2.18. The molecule has 0 fully saturated rings. The first-order chi connectivity index (χ1) is 13.0. The molecule has 2 heterocycles. The highest BCUT2D eigenvalue weighted by Gasteiger charge is 2.21. The molecule has 0 radical (unpaired) electrons. The van der Waals surface area contributed by atoms with Gasteiger partial charge in [-0.05, 0) is 30.3 Å². The fourth-order valence-electron chi connectivity index (χ4n) is 2.24. The molecule has 0 aliphatic rings. The molecular weight excluding hydrogens is 371 g/mol. The number of halogens is 1. The van der Waals surface area contributed by atoms with E-state index in [2.05, 4.69) is 4.98 Å². The molecule has 0 saturated heterocycles. The number of esters is 1. The van der Waals surface area contributed by atoms with Crippen LogP contribution in [0.1, 0.15) is 18.4 Å². The van der Waals surface area contributed by atoms with E-state index in [0.717, 1.165) is 11.3 Å². The van der Waals surface area contributed by atoms with Crippen LogP contribution in [0.5, 0.6) is 0 Å². The topological polar surface area (TPSA) is 72.6 Å². The van der Waals surface area contributed by atoms with Crippen LogP contribution in [0.25, 0.3) is 6.08 Å². The van der Waals surface area contributed by atoms with Gasteiger partial charge in [0.15, 0.2) is 5.13 Å². The molecule has 0 spiro atoms. The Hall–Kier alpha value is -3.26. The van der Waals surface area contributed by atoms with E-state index in [0.29, 0.717) is 16.6 Å². The van der Waals surface area contributed by atoms with Crippen LogP contribution in [-0.2, 0) is 20.9 Å². The maximum Gasteiger partial charge on any atom is 0.331 e. The summed E-state index contributed by atoms with van der Waals surface area (Å²) in [6, 6.07) is 9.36. The van der Waals surface area contributed by atoms with Crippen molar-refractivity contribution in [2.75, 3.05) is 4.90 Å². The van der Waals surface area contributed by atoms with Gasteiger partial charge in [-0.15, -0.1) is 11.3 Å². The number of carbonyl (C=O) groups excluding carboxylic acids is 2. The second-order valence-electron chi connectivity index (χ2n) is 5.38. The maximum absolute atomic E-state index is 14.0. The minimum Gasteiger partial charge on any atom is -0.465 e. The van der Waals surface area contributed by atoms with Crippen LogP contribution in [0.15, 0.2) is 58.5 Å². The molecule has 0 bridgehead atoms. The van der Waals surface area contributed by atoms with Crippen molar-refractivity contribution in [2.45, 2.75) is 13.5 Å². The van der Waals surface area contributed by atoms with Crippen molar-refractivity contribution >= 4 is 40.1 Å². The van der Waals surface area contributed by atoms with E-state index in [1.165, 1.54) is 42.4 Å². The molecule has 6 nitrogen and oxygen atoms in total. The lowest BCUT2D eigenvalue weighted by molar-refractivity contribution is -0.139. The average molecular weight is 386 g/mol. The Morgan fingerprint density at radius 1 is 1.30 bits per heavy atom. The van der Waals surface area contributed by atoms with Crippen LogP contribution in [0.3, 0.4) is 0 Å². The zero-order valence-corrected chi connectivity index (χ0v) is 15.1. The van der Waals surface area contributed by atoms with Crippen LogP contribution in [0.2, 0.25) is 0 Å². The first-order valence-electron chi connectivity index (χ1n) is 7.92. The summed E-state index contributed by atoms with van der Waals surface area (Å²) in [5.74, 6) is -0.929. The third-order valence-electron chi connectivity index (χ3n) is 3.43. The number of rotatable bonds is 6. The summed E-state index contributed by atoms with van der Waals surface area (Å²) in [6.07, 6.45) is 4.23. The molecule has 27 heavy (non-hydrogen) atoms. The summed E-state index contributed by atoms with van der Waals surface area (Å²) in [7, 11) is 0. The number of para-hydroxylation sites is 1. The highest BCUT2D eigenvalue weighted by Crippen LogP contribution is 2.30. The first kappa shape index (κ1) is 18.5. The Balaban J connectivity index is 1.67. The number of furan rings is 1. The zero-order chi connectivity index (χ0) is 19.2. The van der Waals surface area contributed by atoms with Gasteiger partial charge in [-0.3, -0.25) is 9.69 Å². The standard InChI is InChI=1S/C19H15FN2O4S/c1-13(23)22(17-7-3-2-6-16(17)20)19-21-14(12-27-19)11-26-18(24)9-8-15-5-4-10-25-15/h2-10,12H,11H2,1H3/b9-8+. The van der Waals surface area contributed by atoms with Crippen LogP contribution in [0.4, 0.5) is 15.2 Å². The van der Waals surface area contributed by atoms with Crippen molar-refractivity contribution in [1.82, 2.24) is 4.98 Å². The fraction of sp³-hybridized carbons (Fsp3) is 0.105. The maximum atomic E-state index is 14.0. The Morgan fingerprint density at radius 2 is 2.11 bits per heavy atom.